The molecule has 0 aliphatic rings. The number of thiophene rings is 1. The molecule has 0 saturated carbocycles. The van der Waals surface area contributed by atoms with E-state index in [-0.39, 0.29) is 16.4 Å². The van der Waals surface area contributed by atoms with Crippen LogP contribution in [0.5, 0.6) is 0 Å². The first-order valence-electron chi connectivity index (χ1n) is 5.70. The predicted molar refractivity (Wildman–Crippen MR) is 74.2 cm³/mol. The second-order valence-electron chi connectivity index (χ2n) is 4.74. The van der Waals surface area contributed by atoms with Gasteiger partial charge in [-0.05, 0) is 25.6 Å². The number of carboxylic acid groups (broad SMARTS) is 2. The standard InChI is InChI=1S/C12H16ClNO4S/c1-4-12(2,3)14(11(17)18)5-7-6-19-9(8(7)13)10(15)16/h6H,4-5H2,1-3H3,(H,15,16)(H,17,18). The van der Waals surface area contributed by atoms with Gasteiger partial charge in [-0.2, -0.15) is 0 Å². The van der Waals surface area contributed by atoms with Crippen molar-refractivity contribution < 1.29 is 19.8 Å². The summed E-state index contributed by atoms with van der Waals surface area (Å²) in [7, 11) is 0. The number of nitrogens with zero attached hydrogens (tertiary/aromatic N) is 1. The highest BCUT2D eigenvalue weighted by Gasteiger charge is 2.30. The Morgan fingerprint density at radius 2 is 2.00 bits per heavy atom. The maximum Gasteiger partial charge on any atom is 0.408 e. The first-order valence-corrected chi connectivity index (χ1v) is 6.96. The van der Waals surface area contributed by atoms with Gasteiger partial charge in [0.25, 0.3) is 0 Å². The molecule has 19 heavy (non-hydrogen) atoms. The van der Waals surface area contributed by atoms with Crippen molar-refractivity contribution in [2.75, 3.05) is 0 Å². The van der Waals surface area contributed by atoms with E-state index >= 15 is 0 Å². The Balaban J connectivity index is 3.05. The van der Waals surface area contributed by atoms with E-state index in [9.17, 15) is 14.7 Å². The highest BCUT2D eigenvalue weighted by atomic mass is 35.5. The molecule has 5 nitrogen and oxygen atoms in total. The third kappa shape index (κ3) is 3.39. The summed E-state index contributed by atoms with van der Waals surface area (Å²) in [6.45, 7) is 5.62. The van der Waals surface area contributed by atoms with Crippen LogP contribution < -0.4 is 0 Å². The van der Waals surface area contributed by atoms with Gasteiger partial charge < -0.3 is 10.2 Å². The van der Waals surface area contributed by atoms with Gasteiger partial charge in [-0.15, -0.1) is 11.3 Å². The predicted octanol–water partition coefficient (Wildman–Crippen LogP) is 3.77. The molecule has 0 bridgehead atoms. The maximum absolute atomic E-state index is 11.3. The molecule has 0 radical (unpaired) electrons. The molecule has 1 aromatic rings. The van der Waals surface area contributed by atoms with Crippen LogP contribution in [0, 0.1) is 0 Å². The lowest BCUT2D eigenvalue weighted by atomic mass is 9.99. The van der Waals surface area contributed by atoms with Crippen molar-refractivity contribution in [3.63, 3.8) is 0 Å². The van der Waals surface area contributed by atoms with Crippen LogP contribution in [0.1, 0.15) is 42.4 Å². The zero-order valence-corrected chi connectivity index (χ0v) is 12.5. The topological polar surface area (TPSA) is 77.8 Å². The van der Waals surface area contributed by atoms with E-state index in [2.05, 4.69) is 0 Å². The fraction of sp³-hybridized carbons (Fsp3) is 0.500. The van der Waals surface area contributed by atoms with Crippen LogP contribution in [-0.2, 0) is 6.54 Å². The van der Waals surface area contributed by atoms with Crippen LogP contribution in [0.2, 0.25) is 5.02 Å². The van der Waals surface area contributed by atoms with Crippen molar-refractivity contribution >= 4 is 35.0 Å². The van der Waals surface area contributed by atoms with Gasteiger partial charge in [-0.3, -0.25) is 4.90 Å². The number of hydrogen-bond acceptors (Lipinski definition) is 3. The second-order valence-corrected chi connectivity index (χ2v) is 6.00. The van der Waals surface area contributed by atoms with E-state index in [0.717, 1.165) is 11.3 Å². The van der Waals surface area contributed by atoms with Crippen LogP contribution >= 0.6 is 22.9 Å². The molecule has 0 saturated heterocycles. The molecule has 1 aromatic heterocycles. The molecule has 106 valence electrons. The lowest BCUT2D eigenvalue weighted by Gasteiger charge is -2.35. The summed E-state index contributed by atoms with van der Waals surface area (Å²) in [4.78, 5) is 23.5. The minimum absolute atomic E-state index is 0.0383. The Bertz CT molecular complexity index is 498. The molecule has 2 N–H and O–H groups in total. The van der Waals surface area contributed by atoms with E-state index in [0.29, 0.717) is 12.0 Å². The minimum Gasteiger partial charge on any atom is -0.477 e. The number of carbonyl (C=O) groups is 2. The van der Waals surface area contributed by atoms with Gasteiger partial charge >= 0.3 is 12.1 Å². The molecule has 0 fully saturated rings. The van der Waals surface area contributed by atoms with Crippen LogP contribution in [0.4, 0.5) is 4.79 Å². The monoisotopic (exact) mass is 305 g/mol. The summed E-state index contributed by atoms with van der Waals surface area (Å²) in [5.74, 6) is -1.10. The Labute approximate surface area is 120 Å². The Morgan fingerprint density at radius 3 is 2.37 bits per heavy atom. The molecule has 0 aliphatic carbocycles. The summed E-state index contributed by atoms with van der Waals surface area (Å²) >= 11 is 6.98. The number of aromatic carboxylic acids is 1. The second kappa shape index (κ2) is 5.79. The first-order chi connectivity index (χ1) is 8.70. The van der Waals surface area contributed by atoms with Crippen LogP contribution in [0.25, 0.3) is 0 Å². The fourth-order valence-electron chi connectivity index (χ4n) is 1.53. The summed E-state index contributed by atoms with van der Waals surface area (Å²) < 4.78 is 0. The Kier molecular flexibility index (Phi) is 4.81. The first kappa shape index (κ1) is 15.8. The molecule has 1 rings (SSSR count). The van der Waals surface area contributed by atoms with E-state index in [4.69, 9.17) is 16.7 Å². The van der Waals surface area contributed by atoms with Crippen molar-refractivity contribution in [1.82, 2.24) is 4.90 Å². The van der Waals surface area contributed by atoms with Crippen molar-refractivity contribution in [3.8, 4) is 0 Å². The average molecular weight is 306 g/mol. The Hall–Kier alpha value is -1.27. The molecular weight excluding hydrogens is 290 g/mol. The number of carboxylic acids is 1. The molecular formula is C12H16ClNO4S. The molecule has 0 unspecified atom stereocenters. The fourth-order valence-corrected chi connectivity index (χ4v) is 2.71. The van der Waals surface area contributed by atoms with Gasteiger partial charge in [0.15, 0.2) is 0 Å². The normalized spacial score (nSPS) is 11.4. The number of rotatable bonds is 5. The van der Waals surface area contributed by atoms with Gasteiger partial charge in [0.2, 0.25) is 0 Å². The van der Waals surface area contributed by atoms with Crippen molar-refractivity contribution in [2.45, 2.75) is 39.3 Å². The van der Waals surface area contributed by atoms with Crippen molar-refractivity contribution in [2.24, 2.45) is 0 Å². The average Bonchev–Trinajstić information content (AvgIpc) is 2.67. The molecule has 0 aliphatic heterocycles. The number of hydrogen-bond donors (Lipinski definition) is 2. The van der Waals surface area contributed by atoms with Gasteiger partial charge in [0.05, 0.1) is 11.6 Å². The summed E-state index contributed by atoms with van der Waals surface area (Å²) in [5.41, 5.74) is -0.0199. The summed E-state index contributed by atoms with van der Waals surface area (Å²) in [6.07, 6.45) is -0.404. The minimum atomic E-state index is -1.10. The van der Waals surface area contributed by atoms with E-state index in [1.165, 1.54) is 4.90 Å². The molecule has 1 amide bonds. The highest BCUT2D eigenvalue weighted by molar-refractivity contribution is 7.12. The Morgan fingerprint density at radius 1 is 1.42 bits per heavy atom. The van der Waals surface area contributed by atoms with Crippen molar-refractivity contribution in [3.05, 3.63) is 20.8 Å². The maximum atomic E-state index is 11.3. The largest absolute Gasteiger partial charge is 0.477 e. The van der Waals surface area contributed by atoms with Gasteiger partial charge in [0, 0.05) is 11.1 Å². The number of halogens is 1. The zero-order chi connectivity index (χ0) is 14.8. The molecule has 0 atom stereocenters. The smallest absolute Gasteiger partial charge is 0.408 e. The third-order valence-corrected chi connectivity index (χ3v) is 4.71. The molecule has 7 heteroatoms. The van der Waals surface area contributed by atoms with Gasteiger partial charge in [0.1, 0.15) is 4.88 Å². The SMILES string of the molecule is CCC(C)(C)N(Cc1csc(C(=O)O)c1Cl)C(=O)O. The van der Waals surface area contributed by atoms with Gasteiger partial charge in [-0.25, -0.2) is 9.59 Å². The molecule has 1 heterocycles. The summed E-state index contributed by atoms with van der Waals surface area (Å²) in [6, 6.07) is 0. The van der Waals surface area contributed by atoms with E-state index in [1.807, 2.05) is 20.8 Å². The van der Waals surface area contributed by atoms with Crippen LogP contribution in [0.15, 0.2) is 5.38 Å². The lowest BCUT2D eigenvalue weighted by molar-refractivity contribution is 0.0702. The lowest BCUT2D eigenvalue weighted by Crippen LogP contribution is -2.46. The quantitative estimate of drug-likeness (QED) is 0.868. The molecule has 0 spiro atoms. The van der Waals surface area contributed by atoms with E-state index in [1.54, 1.807) is 5.38 Å². The zero-order valence-electron chi connectivity index (χ0n) is 10.9. The third-order valence-electron chi connectivity index (χ3n) is 3.15. The highest BCUT2D eigenvalue weighted by Crippen LogP contribution is 2.31. The van der Waals surface area contributed by atoms with Crippen LogP contribution in [0.3, 0.4) is 0 Å². The van der Waals surface area contributed by atoms with Gasteiger partial charge in [-0.1, -0.05) is 18.5 Å². The van der Waals surface area contributed by atoms with Crippen molar-refractivity contribution in [1.29, 1.82) is 0 Å². The number of amides is 1. The molecule has 0 aromatic carbocycles. The van der Waals surface area contributed by atoms with E-state index < -0.39 is 17.6 Å². The summed E-state index contributed by atoms with van der Waals surface area (Å²) in [5, 5.41) is 19.9. The van der Waals surface area contributed by atoms with Crippen LogP contribution in [-0.4, -0.2) is 32.7 Å².